The van der Waals surface area contributed by atoms with Gasteiger partial charge in [-0.1, -0.05) is 12.1 Å². The minimum atomic E-state index is 0.601. The van der Waals surface area contributed by atoms with Crippen LogP contribution in [0.2, 0.25) is 0 Å². The zero-order valence-corrected chi connectivity index (χ0v) is 12.0. The van der Waals surface area contributed by atoms with E-state index in [1.807, 2.05) is 32.2 Å². The monoisotopic (exact) mass is 268 g/mol. The van der Waals surface area contributed by atoms with Crippen LogP contribution in [0.1, 0.15) is 29.8 Å². The third-order valence-electron chi connectivity index (χ3n) is 3.79. The minimum Gasteiger partial charge on any atom is -0.399 e. The summed E-state index contributed by atoms with van der Waals surface area (Å²) < 4.78 is 0. The van der Waals surface area contributed by atoms with Crippen molar-refractivity contribution < 1.29 is 0 Å². The highest BCUT2D eigenvalue weighted by Gasteiger charge is 2.30. The van der Waals surface area contributed by atoms with E-state index < -0.39 is 0 Å². The normalized spacial score (nSPS) is 14.3. The molecular weight excluding hydrogens is 248 g/mol. The summed E-state index contributed by atoms with van der Waals surface area (Å²) in [6.45, 7) is 4.87. The number of aromatic nitrogens is 2. The first kappa shape index (κ1) is 12.9. The number of nitrogen functional groups attached to an aromatic ring is 1. The van der Waals surface area contributed by atoms with Crippen molar-refractivity contribution in [1.29, 1.82) is 0 Å². The van der Waals surface area contributed by atoms with Crippen molar-refractivity contribution in [2.45, 2.75) is 39.3 Å². The van der Waals surface area contributed by atoms with E-state index in [1.165, 1.54) is 18.4 Å². The van der Waals surface area contributed by atoms with E-state index in [-0.39, 0.29) is 0 Å². The Balaban J connectivity index is 1.85. The van der Waals surface area contributed by atoms with Crippen LogP contribution in [-0.4, -0.2) is 16.0 Å². The Morgan fingerprint density at radius 3 is 2.45 bits per heavy atom. The molecule has 1 heterocycles. The van der Waals surface area contributed by atoms with Crippen LogP contribution in [0.4, 0.5) is 11.5 Å². The second kappa shape index (κ2) is 5.12. The standard InChI is InChI=1S/C16H20N4/c1-11-12(2)19-16(9-18-11)20(15-7-8-15)10-13-3-5-14(17)6-4-13/h3-6,9,15H,7-8,10,17H2,1-2H3. The van der Waals surface area contributed by atoms with Gasteiger partial charge in [0.1, 0.15) is 5.82 Å². The fraction of sp³-hybridized carbons (Fsp3) is 0.375. The van der Waals surface area contributed by atoms with Crippen LogP contribution in [0.3, 0.4) is 0 Å². The van der Waals surface area contributed by atoms with Gasteiger partial charge < -0.3 is 10.6 Å². The second-order valence-corrected chi connectivity index (χ2v) is 5.50. The zero-order valence-electron chi connectivity index (χ0n) is 12.0. The van der Waals surface area contributed by atoms with Gasteiger partial charge >= 0.3 is 0 Å². The lowest BCUT2D eigenvalue weighted by molar-refractivity contribution is 0.769. The van der Waals surface area contributed by atoms with Crippen LogP contribution in [-0.2, 0) is 6.54 Å². The highest BCUT2D eigenvalue weighted by Crippen LogP contribution is 2.32. The maximum absolute atomic E-state index is 5.74. The molecule has 20 heavy (non-hydrogen) atoms. The number of rotatable bonds is 4. The summed E-state index contributed by atoms with van der Waals surface area (Å²) in [5.41, 5.74) is 9.80. The van der Waals surface area contributed by atoms with Gasteiger partial charge in [0.05, 0.1) is 17.6 Å². The molecule has 104 valence electrons. The highest BCUT2D eigenvalue weighted by atomic mass is 15.2. The Labute approximate surface area is 119 Å². The Kier molecular flexibility index (Phi) is 3.30. The molecular formula is C16H20N4. The summed E-state index contributed by atoms with van der Waals surface area (Å²) in [7, 11) is 0. The van der Waals surface area contributed by atoms with Gasteiger partial charge in [-0.05, 0) is 44.4 Å². The molecule has 0 unspecified atom stereocenters. The van der Waals surface area contributed by atoms with E-state index in [4.69, 9.17) is 5.73 Å². The molecule has 1 aliphatic rings. The number of aryl methyl sites for hydroxylation is 2. The molecule has 3 rings (SSSR count). The first-order valence-corrected chi connectivity index (χ1v) is 7.05. The van der Waals surface area contributed by atoms with Crippen LogP contribution >= 0.6 is 0 Å². The van der Waals surface area contributed by atoms with Crippen molar-refractivity contribution in [2.24, 2.45) is 0 Å². The van der Waals surface area contributed by atoms with E-state index in [1.54, 1.807) is 0 Å². The maximum atomic E-state index is 5.74. The van der Waals surface area contributed by atoms with Crippen molar-refractivity contribution in [3.8, 4) is 0 Å². The summed E-state index contributed by atoms with van der Waals surface area (Å²) in [6, 6.07) is 8.67. The number of hydrogen-bond donors (Lipinski definition) is 1. The van der Waals surface area contributed by atoms with Gasteiger partial charge in [0, 0.05) is 18.3 Å². The Morgan fingerprint density at radius 2 is 1.85 bits per heavy atom. The fourth-order valence-electron chi connectivity index (χ4n) is 2.27. The Morgan fingerprint density at radius 1 is 1.15 bits per heavy atom. The molecule has 1 aliphatic carbocycles. The first-order chi connectivity index (χ1) is 9.63. The van der Waals surface area contributed by atoms with E-state index in [0.717, 1.165) is 29.4 Å². The summed E-state index contributed by atoms with van der Waals surface area (Å²) in [6.07, 6.45) is 4.37. The lowest BCUT2D eigenvalue weighted by atomic mass is 10.2. The average molecular weight is 268 g/mol. The summed E-state index contributed by atoms with van der Waals surface area (Å²) in [5.74, 6) is 0.979. The Hall–Kier alpha value is -2.10. The number of nitrogens with two attached hydrogens (primary N) is 1. The van der Waals surface area contributed by atoms with E-state index >= 15 is 0 Å². The molecule has 0 radical (unpaired) electrons. The smallest absolute Gasteiger partial charge is 0.147 e. The molecule has 2 N–H and O–H groups in total. The van der Waals surface area contributed by atoms with Crippen molar-refractivity contribution in [1.82, 2.24) is 9.97 Å². The van der Waals surface area contributed by atoms with Crippen LogP contribution in [0.5, 0.6) is 0 Å². The van der Waals surface area contributed by atoms with Crippen molar-refractivity contribution in [2.75, 3.05) is 10.6 Å². The lowest BCUT2D eigenvalue weighted by Crippen LogP contribution is -2.26. The quantitative estimate of drug-likeness (QED) is 0.866. The SMILES string of the molecule is Cc1ncc(N(Cc2ccc(N)cc2)C2CC2)nc1C. The molecule has 1 fully saturated rings. The maximum Gasteiger partial charge on any atom is 0.147 e. The summed E-state index contributed by atoms with van der Waals surface area (Å²) >= 11 is 0. The van der Waals surface area contributed by atoms with Crippen LogP contribution in [0, 0.1) is 13.8 Å². The summed E-state index contributed by atoms with van der Waals surface area (Å²) in [5, 5.41) is 0. The third-order valence-corrected chi connectivity index (χ3v) is 3.79. The molecule has 4 nitrogen and oxygen atoms in total. The van der Waals surface area contributed by atoms with Gasteiger partial charge in [-0.15, -0.1) is 0 Å². The van der Waals surface area contributed by atoms with Crippen molar-refractivity contribution >= 4 is 11.5 Å². The molecule has 2 aromatic rings. The molecule has 0 aliphatic heterocycles. The number of nitrogens with zero attached hydrogens (tertiary/aromatic N) is 3. The van der Waals surface area contributed by atoms with Crippen molar-refractivity contribution in [3.63, 3.8) is 0 Å². The van der Waals surface area contributed by atoms with E-state index in [0.29, 0.717) is 6.04 Å². The minimum absolute atomic E-state index is 0.601. The molecule has 1 aromatic heterocycles. The van der Waals surface area contributed by atoms with Crippen LogP contribution in [0.25, 0.3) is 0 Å². The predicted octanol–water partition coefficient (Wildman–Crippen LogP) is 2.84. The Bertz CT molecular complexity index is 602. The topological polar surface area (TPSA) is 55.0 Å². The van der Waals surface area contributed by atoms with Crippen molar-refractivity contribution in [3.05, 3.63) is 47.4 Å². The van der Waals surface area contributed by atoms with Gasteiger partial charge in [-0.2, -0.15) is 0 Å². The predicted molar refractivity (Wildman–Crippen MR) is 81.6 cm³/mol. The molecule has 0 amide bonds. The number of benzene rings is 1. The molecule has 1 aromatic carbocycles. The molecule has 0 atom stereocenters. The fourth-order valence-corrected chi connectivity index (χ4v) is 2.27. The summed E-state index contributed by atoms with van der Waals surface area (Å²) in [4.78, 5) is 11.5. The van der Waals surface area contributed by atoms with E-state index in [9.17, 15) is 0 Å². The molecule has 0 bridgehead atoms. The van der Waals surface area contributed by atoms with Gasteiger partial charge in [0.25, 0.3) is 0 Å². The van der Waals surface area contributed by atoms with E-state index in [2.05, 4.69) is 27.0 Å². The molecule has 0 spiro atoms. The largest absolute Gasteiger partial charge is 0.399 e. The third kappa shape index (κ3) is 2.74. The average Bonchev–Trinajstić information content (AvgIpc) is 3.26. The van der Waals surface area contributed by atoms with Gasteiger partial charge in [-0.3, -0.25) is 4.98 Å². The number of anilines is 2. The molecule has 0 saturated heterocycles. The van der Waals surface area contributed by atoms with Gasteiger partial charge in [0.15, 0.2) is 0 Å². The zero-order chi connectivity index (χ0) is 14.1. The first-order valence-electron chi connectivity index (χ1n) is 7.05. The molecule has 1 saturated carbocycles. The lowest BCUT2D eigenvalue weighted by Gasteiger charge is -2.24. The van der Waals surface area contributed by atoms with Crippen LogP contribution < -0.4 is 10.6 Å². The van der Waals surface area contributed by atoms with Gasteiger partial charge in [0.2, 0.25) is 0 Å². The second-order valence-electron chi connectivity index (χ2n) is 5.50. The molecule has 4 heteroatoms. The number of hydrogen-bond acceptors (Lipinski definition) is 4. The highest BCUT2D eigenvalue weighted by molar-refractivity contribution is 5.44. The van der Waals surface area contributed by atoms with Crippen LogP contribution in [0.15, 0.2) is 30.5 Å². The van der Waals surface area contributed by atoms with Gasteiger partial charge in [-0.25, -0.2) is 4.98 Å².